The van der Waals surface area contributed by atoms with E-state index in [1.54, 1.807) is 13.0 Å². The monoisotopic (exact) mass is 459 g/mol. The molecule has 168 valence electrons. The molecule has 4 rings (SSSR count). The van der Waals surface area contributed by atoms with Crippen molar-refractivity contribution in [2.75, 3.05) is 24.7 Å². The van der Waals surface area contributed by atoms with E-state index in [1.807, 2.05) is 31.1 Å². The summed E-state index contributed by atoms with van der Waals surface area (Å²) in [7, 11) is 3.82. The van der Waals surface area contributed by atoms with E-state index in [1.165, 1.54) is 12.1 Å². The zero-order valence-electron chi connectivity index (χ0n) is 17.8. The summed E-state index contributed by atoms with van der Waals surface area (Å²) in [5, 5.41) is 17.0. The third-order valence-electron chi connectivity index (χ3n) is 5.08. The second kappa shape index (κ2) is 8.81. The minimum absolute atomic E-state index is 0.0597. The number of aromatic hydroxyl groups is 1. The van der Waals surface area contributed by atoms with E-state index in [-0.39, 0.29) is 18.1 Å². The number of aromatic nitrogens is 2. The zero-order valence-corrected chi connectivity index (χ0v) is 18.6. The number of phenols is 1. The number of ether oxygens (including phenoxy) is 1. The molecule has 3 atom stereocenters. The van der Waals surface area contributed by atoms with Crippen molar-refractivity contribution < 1.29 is 18.6 Å². The summed E-state index contributed by atoms with van der Waals surface area (Å²) in [4.78, 5) is 1.93. The fraction of sp³-hybridized carbons (Fsp3) is 0.273. The molecule has 0 radical (unpaired) electrons. The average molecular weight is 460 g/mol. The first-order chi connectivity index (χ1) is 15.2. The third-order valence-corrected chi connectivity index (χ3v) is 5.61. The number of epoxide rings is 1. The summed E-state index contributed by atoms with van der Waals surface area (Å²) in [5.74, 6) is -0.562. The lowest BCUT2D eigenvalue weighted by atomic mass is 10.0. The van der Waals surface area contributed by atoms with Gasteiger partial charge in [0.15, 0.2) is 11.6 Å². The quantitative estimate of drug-likeness (QED) is 0.250. The van der Waals surface area contributed by atoms with Crippen LogP contribution in [0.3, 0.4) is 0 Å². The number of phenolic OH excluding ortho intramolecular Hbond substituents is 1. The maximum Gasteiger partial charge on any atom is 0.188 e. The summed E-state index contributed by atoms with van der Waals surface area (Å²) >= 11 is 0.958. The van der Waals surface area contributed by atoms with Crippen molar-refractivity contribution in [2.45, 2.75) is 25.3 Å². The summed E-state index contributed by atoms with van der Waals surface area (Å²) in [5.41, 5.74) is 2.12. The molecule has 1 aliphatic heterocycles. The summed E-state index contributed by atoms with van der Waals surface area (Å²) in [6.45, 7) is 5.68. The fourth-order valence-electron chi connectivity index (χ4n) is 3.48. The number of nitrogens with one attached hydrogen (secondary N) is 2. The van der Waals surface area contributed by atoms with Gasteiger partial charge in [0.1, 0.15) is 29.7 Å². The molecular weight excluding hydrogens is 436 g/mol. The third kappa shape index (κ3) is 4.57. The van der Waals surface area contributed by atoms with Crippen LogP contribution in [0.4, 0.5) is 26.1 Å². The lowest BCUT2D eigenvalue weighted by Gasteiger charge is -2.20. The Bertz CT molecular complexity index is 1130. The van der Waals surface area contributed by atoms with E-state index < -0.39 is 17.7 Å². The van der Waals surface area contributed by atoms with Crippen molar-refractivity contribution in [3.63, 3.8) is 0 Å². The molecule has 1 aliphatic rings. The van der Waals surface area contributed by atoms with Gasteiger partial charge in [0.2, 0.25) is 0 Å². The number of nitrogens with zero attached hydrogens (tertiary/aromatic N) is 3. The van der Waals surface area contributed by atoms with Gasteiger partial charge in [-0.3, -0.25) is 4.90 Å². The number of hydrogen-bond acceptors (Lipinski definition) is 8. The molecule has 1 saturated heterocycles. The molecule has 3 N–H and O–H groups in total. The smallest absolute Gasteiger partial charge is 0.188 e. The van der Waals surface area contributed by atoms with E-state index >= 15 is 0 Å². The van der Waals surface area contributed by atoms with E-state index in [4.69, 9.17) is 4.74 Å². The van der Waals surface area contributed by atoms with Crippen LogP contribution < -0.4 is 10.6 Å². The molecule has 7 nitrogen and oxygen atoms in total. The van der Waals surface area contributed by atoms with Crippen molar-refractivity contribution in [1.82, 2.24) is 13.6 Å². The number of benzene rings is 2. The Balaban J connectivity index is 1.57. The van der Waals surface area contributed by atoms with Gasteiger partial charge < -0.3 is 20.5 Å². The van der Waals surface area contributed by atoms with Crippen LogP contribution in [0.1, 0.15) is 30.2 Å². The molecule has 2 unspecified atom stereocenters. The predicted octanol–water partition coefficient (Wildman–Crippen LogP) is 4.95. The van der Waals surface area contributed by atoms with Gasteiger partial charge in [-0.2, -0.15) is 8.75 Å². The summed E-state index contributed by atoms with van der Waals surface area (Å²) < 4.78 is 41.6. The number of rotatable bonds is 8. The molecule has 1 aromatic heterocycles. The molecule has 0 saturated carbocycles. The highest BCUT2D eigenvalue weighted by molar-refractivity contribution is 6.99. The summed E-state index contributed by atoms with van der Waals surface area (Å²) in [6, 6.07) is 8.05. The van der Waals surface area contributed by atoms with Crippen LogP contribution in [0.25, 0.3) is 0 Å². The fourth-order valence-corrected chi connectivity index (χ4v) is 3.95. The Labute approximate surface area is 188 Å². The second-order valence-corrected chi connectivity index (χ2v) is 8.40. The Kier molecular flexibility index (Phi) is 6.09. The van der Waals surface area contributed by atoms with Crippen LogP contribution >= 0.6 is 11.7 Å². The average Bonchev–Trinajstić information content (AvgIpc) is 3.40. The molecule has 2 heterocycles. The standard InChI is InChI=1S/C22H23F2N5O2S/c1-11(2)17(12-8-13(23)10-14(24)9-12)26-21-20(27-32-28-21)25-16-7-5-6-15(18(16)30)19-22(31-19)29(3)4/h5-10,17,19,22,30H,1H2,2-4H3,(H,25,27)(H,26,28)/t17-,19?,22?/m1/s1. The predicted molar refractivity (Wildman–Crippen MR) is 120 cm³/mol. The van der Waals surface area contributed by atoms with Crippen LogP contribution in [0.5, 0.6) is 5.75 Å². The van der Waals surface area contributed by atoms with Crippen LogP contribution in [0, 0.1) is 11.6 Å². The van der Waals surface area contributed by atoms with Gasteiger partial charge in [0.25, 0.3) is 0 Å². The van der Waals surface area contributed by atoms with Gasteiger partial charge in [-0.05, 0) is 44.8 Å². The second-order valence-electron chi connectivity index (χ2n) is 7.87. The molecule has 1 fully saturated rings. The largest absolute Gasteiger partial charge is 0.505 e. The van der Waals surface area contributed by atoms with Crippen molar-refractivity contribution in [3.8, 4) is 5.75 Å². The van der Waals surface area contributed by atoms with Crippen LogP contribution in [0.15, 0.2) is 48.6 Å². The number of hydrogen-bond donors (Lipinski definition) is 3. The minimum atomic E-state index is -0.678. The first kappa shape index (κ1) is 22.1. The number of likely N-dealkylation sites (N-methyl/N-ethyl adjacent to an activating group) is 1. The van der Waals surface area contributed by atoms with Crippen LogP contribution in [0.2, 0.25) is 0 Å². The molecule has 0 spiro atoms. The van der Waals surface area contributed by atoms with E-state index in [9.17, 15) is 13.9 Å². The van der Waals surface area contributed by atoms with Crippen molar-refractivity contribution in [2.24, 2.45) is 0 Å². The van der Waals surface area contributed by atoms with Crippen molar-refractivity contribution in [1.29, 1.82) is 0 Å². The van der Waals surface area contributed by atoms with Gasteiger partial charge in [-0.1, -0.05) is 24.3 Å². The van der Waals surface area contributed by atoms with Crippen LogP contribution in [-0.2, 0) is 4.74 Å². The Morgan fingerprint density at radius 3 is 2.50 bits per heavy atom. The lowest BCUT2D eigenvalue weighted by molar-refractivity contribution is 0.244. The maximum atomic E-state index is 13.8. The molecule has 10 heteroatoms. The first-order valence-electron chi connectivity index (χ1n) is 9.86. The van der Waals surface area contributed by atoms with Gasteiger partial charge in [-0.25, -0.2) is 8.78 Å². The van der Waals surface area contributed by atoms with E-state index in [0.717, 1.165) is 17.8 Å². The lowest BCUT2D eigenvalue weighted by Crippen LogP contribution is -2.15. The van der Waals surface area contributed by atoms with Gasteiger partial charge in [0.05, 0.1) is 23.5 Å². The Morgan fingerprint density at radius 2 is 1.88 bits per heavy atom. The van der Waals surface area contributed by atoms with Crippen molar-refractivity contribution >= 4 is 29.1 Å². The SMILES string of the molecule is C=C(C)[C@@H](Nc1nsnc1Nc1cccc(C2OC2N(C)C)c1O)c1cc(F)cc(F)c1. The zero-order chi connectivity index (χ0) is 23.0. The number of halogens is 2. The first-order valence-corrected chi connectivity index (χ1v) is 10.6. The molecule has 32 heavy (non-hydrogen) atoms. The normalized spacial score (nSPS) is 18.4. The van der Waals surface area contributed by atoms with Gasteiger partial charge in [0, 0.05) is 11.6 Å². The van der Waals surface area contributed by atoms with Crippen LogP contribution in [-0.4, -0.2) is 39.1 Å². The maximum absolute atomic E-state index is 13.8. The molecule has 0 amide bonds. The summed E-state index contributed by atoms with van der Waals surface area (Å²) in [6.07, 6.45) is -0.300. The number of para-hydroxylation sites is 1. The molecule has 0 aliphatic carbocycles. The number of anilines is 3. The topological polar surface area (TPSA) is 85.8 Å². The Hall–Kier alpha value is -3.08. The van der Waals surface area contributed by atoms with Crippen molar-refractivity contribution in [3.05, 3.63) is 71.3 Å². The minimum Gasteiger partial charge on any atom is -0.505 e. The highest BCUT2D eigenvalue weighted by atomic mass is 32.1. The van der Waals surface area contributed by atoms with Gasteiger partial charge >= 0.3 is 0 Å². The highest BCUT2D eigenvalue weighted by Crippen LogP contribution is 2.46. The molecule has 3 aromatic rings. The Morgan fingerprint density at radius 1 is 1.19 bits per heavy atom. The molecule has 0 bridgehead atoms. The van der Waals surface area contributed by atoms with E-state index in [2.05, 4.69) is 26.0 Å². The highest BCUT2D eigenvalue weighted by Gasteiger charge is 2.43. The van der Waals surface area contributed by atoms with Gasteiger partial charge in [-0.15, -0.1) is 0 Å². The molecule has 2 aromatic carbocycles. The molecular formula is C22H23F2N5O2S. The van der Waals surface area contributed by atoms with E-state index in [0.29, 0.717) is 34.0 Å².